The Hall–Kier alpha value is -3.14. The first-order valence-electron chi connectivity index (χ1n) is 10.6. The molecule has 0 saturated heterocycles. The zero-order chi connectivity index (χ0) is 22.7. The zero-order valence-electron chi connectivity index (χ0n) is 17.7. The van der Waals surface area contributed by atoms with Gasteiger partial charge < -0.3 is 0 Å². The van der Waals surface area contributed by atoms with Crippen molar-refractivity contribution in [3.05, 3.63) is 67.9 Å². The van der Waals surface area contributed by atoms with E-state index in [4.69, 9.17) is 11.6 Å². The summed E-state index contributed by atoms with van der Waals surface area (Å²) in [6.45, 7) is 3.08. The molecule has 4 rings (SSSR count). The van der Waals surface area contributed by atoms with Crippen LogP contribution in [0.3, 0.4) is 0 Å². The normalized spacial score (nSPS) is 12.8. The largest absolute Gasteiger partial charge is 0.332 e. The van der Waals surface area contributed by atoms with Crippen molar-refractivity contribution in [2.75, 3.05) is 0 Å². The summed E-state index contributed by atoms with van der Waals surface area (Å²) in [5.41, 5.74) is 0.204. The smallest absolute Gasteiger partial charge is 0.278 e. The summed E-state index contributed by atoms with van der Waals surface area (Å²) < 4.78 is 16.6. The van der Waals surface area contributed by atoms with Crippen molar-refractivity contribution >= 4 is 22.6 Å². The van der Waals surface area contributed by atoms with Gasteiger partial charge in [-0.15, -0.1) is 10.2 Å². The number of nitrogens with zero attached hydrogens (tertiary/aromatic N) is 7. The molecule has 0 amide bonds. The monoisotopic (exact) mass is 459 g/mol. The van der Waals surface area contributed by atoms with E-state index in [0.29, 0.717) is 47.5 Å². The molecule has 0 saturated carbocycles. The molecule has 3 heterocycles. The Morgan fingerprint density at radius 2 is 1.88 bits per heavy atom. The van der Waals surface area contributed by atoms with Crippen LogP contribution in [0.4, 0.5) is 10.2 Å². The van der Waals surface area contributed by atoms with E-state index in [1.54, 1.807) is 18.2 Å². The molecule has 0 fully saturated rings. The summed E-state index contributed by atoms with van der Waals surface area (Å²) in [5, 5.41) is 12.5. The van der Waals surface area contributed by atoms with Crippen molar-refractivity contribution in [3.63, 3.8) is 0 Å². The first-order valence-corrected chi connectivity index (χ1v) is 11.0. The molecule has 0 N–H and O–H groups in total. The van der Waals surface area contributed by atoms with Gasteiger partial charge in [0.15, 0.2) is 5.82 Å². The summed E-state index contributed by atoms with van der Waals surface area (Å²) in [5.74, 6) is 0.465. The lowest BCUT2D eigenvalue weighted by molar-refractivity contribution is 0.448. The molecule has 0 atom stereocenters. The fraction of sp³-hybridized carbons (Fsp3) is 0.429. The number of aromatic nitrogens is 6. The van der Waals surface area contributed by atoms with Crippen LogP contribution in [0.5, 0.6) is 0 Å². The number of unbranched alkanes of at least 4 members (excludes halogenated alkanes) is 1. The number of aryl methyl sites for hydroxylation is 1. The van der Waals surface area contributed by atoms with Crippen LogP contribution in [0.15, 0.2) is 38.8 Å². The van der Waals surface area contributed by atoms with Crippen LogP contribution < -0.4 is 11.2 Å². The highest BCUT2D eigenvalue weighted by Crippen LogP contribution is 2.24. The number of rotatable bonds is 9. The fourth-order valence-corrected chi connectivity index (χ4v) is 3.88. The molecule has 11 heteroatoms. The highest BCUT2D eigenvalue weighted by molar-refractivity contribution is 6.66. The Morgan fingerprint density at radius 3 is 2.66 bits per heavy atom. The number of aliphatic imine (C=N–C) groups is 1. The van der Waals surface area contributed by atoms with Crippen molar-refractivity contribution < 1.29 is 4.39 Å². The molecule has 32 heavy (non-hydrogen) atoms. The van der Waals surface area contributed by atoms with E-state index in [9.17, 15) is 14.0 Å². The first-order chi connectivity index (χ1) is 15.5. The Balaban J connectivity index is 1.47. The minimum Gasteiger partial charge on any atom is -0.278 e. The molecule has 0 spiro atoms. The summed E-state index contributed by atoms with van der Waals surface area (Å²) in [6, 6.07) is 6.44. The van der Waals surface area contributed by atoms with Gasteiger partial charge in [-0.2, -0.15) is 4.80 Å². The van der Waals surface area contributed by atoms with Gasteiger partial charge in [-0.05, 0) is 29.7 Å². The number of fused-ring (bicyclic) bond motifs is 1. The minimum atomic E-state index is -0.385. The summed E-state index contributed by atoms with van der Waals surface area (Å²) in [7, 11) is 0. The molecule has 2 aromatic heterocycles. The van der Waals surface area contributed by atoms with Gasteiger partial charge in [-0.1, -0.05) is 43.1 Å². The second-order valence-corrected chi connectivity index (χ2v) is 8.07. The van der Waals surface area contributed by atoms with Gasteiger partial charge in [-0.3, -0.25) is 13.9 Å². The van der Waals surface area contributed by atoms with E-state index in [2.05, 4.69) is 20.4 Å². The van der Waals surface area contributed by atoms with Crippen LogP contribution in [0.2, 0.25) is 0 Å². The second kappa shape index (κ2) is 9.56. The van der Waals surface area contributed by atoms with Gasteiger partial charge >= 0.3 is 5.69 Å². The fourth-order valence-electron chi connectivity index (χ4n) is 3.67. The zero-order valence-corrected chi connectivity index (χ0v) is 18.4. The van der Waals surface area contributed by atoms with Gasteiger partial charge in [0.2, 0.25) is 0 Å². The summed E-state index contributed by atoms with van der Waals surface area (Å²) >= 11 is 6.05. The number of hydrogen-bond donors (Lipinski definition) is 0. The van der Waals surface area contributed by atoms with E-state index in [1.165, 1.54) is 20.0 Å². The lowest BCUT2D eigenvalue weighted by Crippen LogP contribution is -2.41. The average Bonchev–Trinajstić information content (AvgIpc) is 3.38. The molecule has 1 aliphatic rings. The van der Waals surface area contributed by atoms with Crippen LogP contribution in [-0.2, 0) is 32.5 Å². The third-order valence-corrected chi connectivity index (χ3v) is 5.53. The maximum Gasteiger partial charge on any atom is 0.332 e. The first kappa shape index (κ1) is 22.1. The Kier molecular flexibility index (Phi) is 6.59. The summed E-state index contributed by atoms with van der Waals surface area (Å²) in [4.78, 5) is 31.4. The molecule has 3 aromatic rings. The Labute approximate surface area is 188 Å². The standard InChI is InChI=1S/C21H23ClFN7O2/c1-2-3-9-28-19-15(13-17(22)24-19)20(31)29(21(28)32)10-6-11-30-26-18(25-27-30)12-14-7-4-5-8-16(14)23/h4-5,7-8H,2-3,6,9-13H2,1H3. The molecule has 0 aliphatic carbocycles. The SMILES string of the molecule is CCCCn1c2c(c(=O)n(CCCn3nnc(Cc4ccccc4F)n3)c1=O)CC(Cl)=N2. The second-order valence-electron chi connectivity index (χ2n) is 7.63. The number of benzene rings is 1. The quantitative estimate of drug-likeness (QED) is 0.489. The van der Waals surface area contributed by atoms with Gasteiger partial charge in [0.05, 0.1) is 12.1 Å². The van der Waals surface area contributed by atoms with Crippen LogP contribution in [0.25, 0.3) is 0 Å². The molecule has 1 aliphatic heterocycles. The highest BCUT2D eigenvalue weighted by atomic mass is 35.5. The van der Waals surface area contributed by atoms with E-state index in [0.717, 1.165) is 12.8 Å². The third kappa shape index (κ3) is 4.55. The third-order valence-electron chi connectivity index (χ3n) is 5.32. The molecular formula is C21H23ClFN7O2. The minimum absolute atomic E-state index is 0.207. The number of halogens is 2. The maximum absolute atomic E-state index is 13.8. The lowest BCUT2D eigenvalue weighted by atomic mass is 10.1. The Morgan fingerprint density at radius 1 is 1.09 bits per heavy atom. The van der Waals surface area contributed by atoms with Crippen LogP contribution in [-0.4, -0.2) is 34.5 Å². The van der Waals surface area contributed by atoms with E-state index < -0.39 is 0 Å². The van der Waals surface area contributed by atoms with Crippen molar-refractivity contribution in [1.29, 1.82) is 0 Å². The van der Waals surface area contributed by atoms with Crippen LogP contribution in [0.1, 0.15) is 43.1 Å². The average molecular weight is 460 g/mol. The molecular weight excluding hydrogens is 437 g/mol. The van der Waals surface area contributed by atoms with Crippen LogP contribution >= 0.6 is 11.6 Å². The van der Waals surface area contributed by atoms with Gasteiger partial charge in [0, 0.05) is 25.9 Å². The van der Waals surface area contributed by atoms with E-state index >= 15 is 0 Å². The van der Waals surface area contributed by atoms with Crippen LogP contribution in [0, 0.1) is 5.82 Å². The van der Waals surface area contributed by atoms with Crippen molar-refractivity contribution in [3.8, 4) is 0 Å². The van der Waals surface area contributed by atoms with E-state index in [1.807, 2.05) is 6.92 Å². The molecule has 0 radical (unpaired) electrons. The van der Waals surface area contributed by atoms with Crippen molar-refractivity contribution in [2.45, 2.75) is 58.7 Å². The molecule has 168 valence electrons. The lowest BCUT2D eigenvalue weighted by Gasteiger charge is -2.13. The Bertz CT molecular complexity index is 1280. The highest BCUT2D eigenvalue weighted by Gasteiger charge is 2.24. The molecule has 9 nitrogen and oxygen atoms in total. The predicted octanol–water partition coefficient (Wildman–Crippen LogP) is 2.44. The molecule has 1 aromatic carbocycles. The van der Waals surface area contributed by atoms with E-state index in [-0.39, 0.29) is 36.5 Å². The van der Waals surface area contributed by atoms with Gasteiger partial charge in [0.25, 0.3) is 5.56 Å². The van der Waals surface area contributed by atoms with Crippen molar-refractivity contribution in [1.82, 2.24) is 29.3 Å². The maximum atomic E-state index is 13.8. The van der Waals surface area contributed by atoms with Gasteiger partial charge in [0.1, 0.15) is 16.8 Å². The molecule has 0 unspecified atom stereocenters. The number of tetrazole rings is 1. The molecule has 0 bridgehead atoms. The summed E-state index contributed by atoms with van der Waals surface area (Å²) in [6.07, 6.45) is 2.63. The van der Waals surface area contributed by atoms with Crippen molar-refractivity contribution in [2.24, 2.45) is 4.99 Å². The topological polar surface area (TPSA) is 100.0 Å². The predicted molar refractivity (Wildman–Crippen MR) is 118 cm³/mol. The van der Waals surface area contributed by atoms with Gasteiger partial charge in [-0.25, -0.2) is 14.2 Å². The number of hydrogen-bond acceptors (Lipinski definition) is 6.